The van der Waals surface area contributed by atoms with Crippen LogP contribution < -0.4 is 0 Å². The van der Waals surface area contributed by atoms with Gasteiger partial charge in [-0.25, -0.2) is 0 Å². The molecule has 0 aliphatic carbocycles. The Labute approximate surface area is 109 Å². The Balaban J connectivity index is 1.97. The van der Waals surface area contributed by atoms with Crippen molar-refractivity contribution in [2.24, 2.45) is 0 Å². The first kappa shape index (κ1) is 13.3. The van der Waals surface area contributed by atoms with Crippen molar-refractivity contribution in [1.29, 1.82) is 0 Å². The molecule has 2 rings (SSSR count). The Morgan fingerprint density at radius 1 is 0.824 bits per heavy atom. The first-order chi connectivity index (χ1) is 8.42. The number of rotatable bonds is 4. The van der Waals surface area contributed by atoms with E-state index >= 15 is 0 Å². The molecule has 0 bridgehead atoms. The third-order valence-electron chi connectivity index (χ3n) is 4.07. The summed E-state index contributed by atoms with van der Waals surface area (Å²) >= 11 is 0. The molecule has 2 nitrogen and oxygen atoms in total. The van der Waals surface area contributed by atoms with Crippen LogP contribution in [-0.2, 0) is 0 Å². The zero-order valence-corrected chi connectivity index (χ0v) is 13.4. The van der Waals surface area contributed by atoms with Gasteiger partial charge in [-0.3, -0.25) is 9.80 Å². The lowest BCUT2D eigenvalue weighted by molar-refractivity contribution is 0.0474. The predicted molar refractivity (Wildman–Crippen MR) is 78.5 cm³/mol. The number of hydrogen-bond donors (Lipinski definition) is 0. The topological polar surface area (TPSA) is 6.48 Å². The molecule has 0 radical (unpaired) electrons. The average Bonchev–Trinajstić information content (AvgIpc) is 2.42. The maximum atomic E-state index is 2.71. The molecule has 0 unspecified atom stereocenters. The van der Waals surface area contributed by atoms with Crippen LogP contribution in [0.1, 0.15) is 38.5 Å². The van der Waals surface area contributed by atoms with Gasteiger partial charge in [0.2, 0.25) is 0 Å². The monoisotopic (exact) mass is 252 g/mol. The predicted octanol–water partition coefficient (Wildman–Crippen LogP) is 1.62. The van der Waals surface area contributed by atoms with Gasteiger partial charge >= 0.3 is 0 Å². The molecule has 0 amide bonds. The minimum atomic E-state index is 0.615. The van der Waals surface area contributed by atoms with E-state index in [0.717, 1.165) is 0 Å². The lowest BCUT2D eigenvalue weighted by Crippen LogP contribution is -2.50. The molecule has 2 heterocycles. The third-order valence-corrected chi connectivity index (χ3v) is 4.54. The Kier molecular flexibility index (Phi) is 5.75. The Bertz CT molecular complexity index is 212. The van der Waals surface area contributed by atoms with Crippen LogP contribution in [-0.4, -0.2) is 52.4 Å². The van der Waals surface area contributed by atoms with Crippen molar-refractivity contribution in [3.05, 3.63) is 12.2 Å². The minimum Gasteiger partial charge on any atom is -0.285 e. The van der Waals surface area contributed by atoms with Crippen molar-refractivity contribution in [1.82, 2.24) is 9.80 Å². The average molecular weight is 252 g/mol. The molecule has 0 saturated carbocycles. The fraction of sp³-hybridized carbons (Fsp3) is 0.857. The highest BCUT2D eigenvalue weighted by molar-refractivity contribution is 6.09. The zero-order valence-electron chi connectivity index (χ0n) is 11.4. The van der Waals surface area contributed by atoms with Crippen LogP contribution in [0.25, 0.3) is 0 Å². The Hall–Kier alpha value is -0.123. The molecular formula is C14H28N2Si. The molecule has 0 spiro atoms. The quantitative estimate of drug-likeness (QED) is 0.554. The van der Waals surface area contributed by atoms with Crippen molar-refractivity contribution in [2.75, 3.05) is 26.2 Å². The number of nitrogens with zero attached hydrogens (tertiary/aromatic N) is 2. The number of hydrogen-bond acceptors (Lipinski definition) is 2. The van der Waals surface area contributed by atoms with Gasteiger partial charge in [-0.2, -0.15) is 0 Å². The molecule has 2 fully saturated rings. The van der Waals surface area contributed by atoms with Crippen molar-refractivity contribution in [3.8, 4) is 0 Å². The van der Waals surface area contributed by atoms with Gasteiger partial charge in [0.05, 0.1) is 6.17 Å². The summed E-state index contributed by atoms with van der Waals surface area (Å²) in [4.78, 5) is 5.42. The largest absolute Gasteiger partial charge is 0.285 e. The highest BCUT2D eigenvalue weighted by Gasteiger charge is 2.25. The van der Waals surface area contributed by atoms with E-state index in [1.807, 2.05) is 0 Å². The molecule has 2 aliphatic rings. The van der Waals surface area contributed by atoms with Crippen LogP contribution in [0.3, 0.4) is 0 Å². The summed E-state index contributed by atoms with van der Waals surface area (Å²) < 4.78 is 0. The summed E-state index contributed by atoms with van der Waals surface area (Å²) in [6, 6.07) is 1.30. The first-order valence-corrected chi connectivity index (χ1v) is 8.98. The van der Waals surface area contributed by atoms with Crippen LogP contribution in [0.2, 0.25) is 6.04 Å². The summed E-state index contributed by atoms with van der Waals surface area (Å²) in [6.07, 6.45) is 14.0. The Morgan fingerprint density at radius 2 is 1.29 bits per heavy atom. The molecule has 0 aromatic carbocycles. The zero-order chi connectivity index (χ0) is 11.9. The first-order valence-electron chi connectivity index (χ1n) is 7.56. The highest BCUT2D eigenvalue weighted by Crippen LogP contribution is 2.20. The van der Waals surface area contributed by atoms with E-state index in [1.54, 1.807) is 0 Å². The Morgan fingerprint density at radius 3 is 1.71 bits per heavy atom. The smallest absolute Gasteiger partial charge is 0.0814 e. The van der Waals surface area contributed by atoms with Crippen molar-refractivity contribution in [2.45, 2.75) is 50.7 Å². The fourth-order valence-electron chi connectivity index (χ4n) is 3.10. The van der Waals surface area contributed by atoms with Crippen LogP contribution in [0.15, 0.2) is 12.2 Å². The van der Waals surface area contributed by atoms with Crippen molar-refractivity contribution < 1.29 is 0 Å². The van der Waals surface area contributed by atoms with Gasteiger partial charge in [-0.05, 0) is 57.9 Å². The fourth-order valence-corrected chi connectivity index (χ4v) is 3.37. The van der Waals surface area contributed by atoms with E-state index in [-0.39, 0.29) is 0 Å². The van der Waals surface area contributed by atoms with Crippen molar-refractivity contribution >= 4 is 10.2 Å². The maximum absolute atomic E-state index is 2.71. The molecule has 2 saturated heterocycles. The molecule has 0 aromatic rings. The minimum absolute atomic E-state index is 0.615. The van der Waals surface area contributed by atoms with Gasteiger partial charge in [-0.15, -0.1) is 0 Å². The van der Waals surface area contributed by atoms with Crippen LogP contribution in [0.5, 0.6) is 0 Å². The standard InChI is InChI=1S/C14H28N2Si/c17-13-7-8-14(15-9-3-1-4-10-15)16-11-5-2-6-12-16/h7-8,14H,1-6,9-13H2,17H3. The number of likely N-dealkylation sites (tertiary alicyclic amines) is 2. The molecular weight excluding hydrogens is 224 g/mol. The normalized spacial score (nSPS) is 25.0. The maximum Gasteiger partial charge on any atom is 0.0814 e. The molecule has 17 heavy (non-hydrogen) atoms. The van der Waals surface area contributed by atoms with E-state index in [4.69, 9.17) is 0 Å². The lowest BCUT2D eigenvalue weighted by Gasteiger charge is -2.41. The van der Waals surface area contributed by atoms with E-state index in [9.17, 15) is 0 Å². The number of piperidine rings is 2. The second-order valence-electron chi connectivity index (χ2n) is 5.44. The van der Waals surface area contributed by atoms with Crippen molar-refractivity contribution in [3.63, 3.8) is 0 Å². The summed E-state index contributed by atoms with van der Waals surface area (Å²) in [5.41, 5.74) is 0. The van der Waals surface area contributed by atoms with Gasteiger partial charge in [0.15, 0.2) is 0 Å². The van der Waals surface area contributed by atoms with Crippen LogP contribution in [0, 0.1) is 0 Å². The van der Waals surface area contributed by atoms with Gasteiger partial charge in [0.25, 0.3) is 0 Å². The SMILES string of the molecule is [SiH3]CC=CC(N1CCCCC1)N1CCCCC1. The molecule has 3 heteroatoms. The molecule has 0 aromatic heterocycles. The third kappa shape index (κ3) is 3.93. The molecule has 0 atom stereocenters. The van der Waals surface area contributed by atoms with Gasteiger partial charge in [0, 0.05) is 10.2 Å². The number of allylic oxidation sites excluding steroid dienone is 1. The highest BCUT2D eigenvalue weighted by atomic mass is 28.1. The van der Waals surface area contributed by atoms with Gasteiger partial charge in [0.1, 0.15) is 0 Å². The molecule has 2 aliphatic heterocycles. The van der Waals surface area contributed by atoms with E-state index < -0.39 is 0 Å². The van der Waals surface area contributed by atoms with Gasteiger partial charge < -0.3 is 0 Å². The summed E-state index contributed by atoms with van der Waals surface area (Å²) in [7, 11) is 1.30. The molecule has 98 valence electrons. The van der Waals surface area contributed by atoms with Gasteiger partial charge in [-0.1, -0.05) is 25.0 Å². The summed E-state index contributed by atoms with van der Waals surface area (Å²) in [6.45, 7) is 5.25. The second-order valence-corrected chi connectivity index (χ2v) is 6.26. The van der Waals surface area contributed by atoms with E-state index in [1.165, 1.54) is 81.0 Å². The van der Waals surface area contributed by atoms with E-state index in [2.05, 4.69) is 22.0 Å². The summed E-state index contributed by atoms with van der Waals surface area (Å²) in [5.74, 6) is 0. The molecule has 0 N–H and O–H groups in total. The summed E-state index contributed by atoms with van der Waals surface area (Å²) in [5, 5.41) is 0. The van der Waals surface area contributed by atoms with E-state index in [0.29, 0.717) is 6.17 Å². The van der Waals surface area contributed by atoms with Crippen LogP contribution >= 0.6 is 0 Å². The lowest BCUT2D eigenvalue weighted by atomic mass is 10.1. The second kappa shape index (κ2) is 7.34. The van der Waals surface area contributed by atoms with Crippen LogP contribution in [0.4, 0.5) is 0 Å².